The topological polar surface area (TPSA) is 84.2 Å². The number of amides is 1. The van der Waals surface area contributed by atoms with Crippen molar-refractivity contribution < 1.29 is 14.3 Å². The highest BCUT2D eigenvalue weighted by Crippen LogP contribution is 2.16. The van der Waals surface area contributed by atoms with Gasteiger partial charge in [0, 0.05) is 24.4 Å². The first-order valence-corrected chi connectivity index (χ1v) is 7.26. The number of ether oxygens (including phenoxy) is 2. The molecule has 2 heterocycles. The van der Waals surface area contributed by atoms with Gasteiger partial charge >= 0.3 is 0 Å². The highest BCUT2D eigenvalue weighted by molar-refractivity contribution is 6.04. The standard InChI is InChI=1S/C17H15N3O3/c18-9-12-2-1-3-14(8-12)20-17(21)13-4-5-16(19-10-13)23-15-6-7-22-11-15/h1-5,8,10,15H,6-7,11H2,(H,20,21). The molecule has 0 saturated carbocycles. The Morgan fingerprint density at radius 2 is 2.30 bits per heavy atom. The summed E-state index contributed by atoms with van der Waals surface area (Å²) in [6.07, 6.45) is 2.34. The molecule has 2 aromatic rings. The average Bonchev–Trinajstić information content (AvgIpc) is 3.08. The van der Waals surface area contributed by atoms with Crippen molar-refractivity contribution in [3.8, 4) is 11.9 Å². The second-order valence-corrected chi connectivity index (χ2v) is 5.14. The second-order valence-electron chi connectivity index (χ2n) is 5.14. The summed E-state index contributed by atoms with van der Waals surface area (Å²) in [6.45, 7) is 1.27. The van der Waals surface area contributed by atoms with E-state index in [-0.39, 0.29) is 12.0 Å². The maximum absolute atomic E-state index is 12.2. The monoisotopic (exact) mass is 309 g/mol. The van der Waals surface area contributed by atoms with Gasteiger partial charge in [-0.15, -0.1) is 0 Å². The van der Waals surface area contributed by atoms with Gasteiger partial charge in [0.1, 0.15) is 6.10 Å². The molecule has 0 aliphatic carbocycles. The molecule has 1 atom stereocenters. The second kappa shape index (κ2) is 6.90. The zero-order valence-corrected chi connectivity index (χ0v) is 12.4. The van der Waals surface area contributed by atoms with Crippen molar-refractivity contribution in [3.05, 3.63) is 53.7 Å². The lowest BCUT2D eigenvalue weighted by Gasteiger charge is -2.11. The molecule has 0 spiro atoms. The summed E-state index contributed by atoms with van der Waals surface area (Å²) in [5, 5.41) is 11.6. The summed E-state index contributed by atoms with van der Waals surface area (Å²) in [6, 6.07) is 12.1. The van der Waals surface area contributed by atoms with E-state index >= 15 is 0 Å². The van der Waals surface area contributed by atoms with Crippen molar-refractivity contribution in [2.75, 3.05) is 18.5 Å². The Morgan fingerprint density at radius 3 is 3.00 bits per heavy atom. The summed E-state index contributed by atoms with van der Waals surface area (Å²) in [5.41, 5.74) is 1.48. The number of anilines is 1. The lowest BCUT2D eigenvalue weighted by Crippen LogP contribution is -2.17. The molecule has 116 valence electrons. The minimum atomic E-state index is -0.289. The summed E-state index contributed by atoms with van der Waals surface area (Å²) in [7, 11) is 0. The number of nitrogens with zero attached hydrogens (tertiary/aromatic N) is 2. The third-order valence-electron chi connectivity index (χ3n) is 3.42. The molecule has 1 aromatic heterocycles. The minimum Gasteiger partial charge on any atom is -0.472 e. The molecule has 1 unspecified atom stereocenters. The minimum absolute atomic E-state index is 0.0240. The number of carbonyl (C=O) groups excluding carboxylic acids is 1. The van der Waals surface area contributed by atoms with E-state index in [2.05, 4.69) is 10.3 Å². The molecule has 1 N–H and O–H groups in total. The van der Waals surface area contributed by atoms with Crippen LogP contribution in [0, 0.1) is 11.3 Å². The predicted molar refractivity (Wildman–Crippen MR) is 83.2 cm³/mol. The van der Waals surface area contributed by atoms with Crippen molar-refractivity contribution in [1.29, 1.82) is 5.26 Å². The van der Waals surface area contributed by atoms with Gasteiger partial charge in [-0.3, -0.25) is 4.79 Å². The average molecular weight is 309 g/mol. The van der Waals surface area contributed by atoms with Crippen molar-refractivity contribution in [3.63, 3.8) is 0 Å². The van der Waals surface area contributed by atoms with Crippen LogP contribution in [-0.2, 0) is 4.74 Å². The van der Waals surface area contributed by atoms with E-state index in [1.807, 2.05) is 6.07 Å². The van der Waals surface area contributed by atoms with E-state index in [0.29, 0.717) is 35.9 Å². The van der Waals surface area contributed by atoms with Crippen LogP contribution in [-0.4, -0.2) is 30.2 Å². The van der Waals surface area contributed by atoms with E-state index < -0.39 is 0 Å². The molecule has 1 aliphatic heterocycles. The van der Waals surface area contributed by atoms with Crippen LogP contribution in [0.5, 0.6) is 5.88 Å². The Bertz CT molecular complexity index is 731. The number of nitriles is 1. The molecular formula is C17H15N3O3. The van der Waals surface area contributed by atoms with Crippen LogP contribution in [0.25, 0.3) is 0 Å². The molecule has 6 heteroatoms. The molecule has 1 saturated heterocycles. The summed E-state index contributed by atoms with van der Waals surface area (Å²) in [4.78, 5) is 16.3. The summed E-state index contributed by atoms with van der Waals surface area (Å²) in [5.74, 6) is 0.187. The Kier molecular flexibility index (Phi) is 4.50. The smallest absolute Gasteiger partial charge is 0.257 e. The molecular weight excluding hydrogens is 294 g/mol. The molecule has 0 radical (unpaired) electrons. The molecule has 23 heavy (non-hydrogen) atoms. The third-order valence-corrected chi connectivity index (χ3v) is 3.42. The van der Waals surface area contributed by atoms with Crippen molar-refractivity contribution in [1.82, 2.24) is 4.98 Å². The number of hydrogen-bond acceptors (Lipinski definition) is 5. The van der Waals surface area contributed by atoms with Gasteiger partial charge in [0.05, 0.1) is 30.4 Å². The molecule has 1 fully saturated rings. The lowest BCUT2D eigenvalue weighted by molar-refractivity contribution is 0.102. The number of aromatic nitrogens is 1. The van der Waals surface area contributed by atoms with Gasteiger partial charge in [-0.05, 0) is 24.3 Å². The number of carbonyl (C=O) groups is 1. The molecule has 6 nitrogen and oxygen atoms in total. The number of pyridine rings is 1. The zero-order valence-electron chi connectivity index (χ0n) is 12.4. The fourth-order valence-electron chi connectivity index (χ4n) is 2.23. The molecule has 1 amide bonds. The fraction of sp³-hybridized carbons (Fsp3) is 0.235. The van der Waals surface area contributed by atoms with E-state index in [4.69, 9.17) is 14.7 Å². The van der Waals surface area contributed by atoms with Crippen LogP contribution in [0.2, 0.25) is 0 Å². The number of nitrogens with one attached hydrogen (secondary N) is 1. The maximum atomic E-state index is 12.2. The maximum Gasteiger partial charge on any atom is 0.257 e. The van der Waals surface area contributed by atoms with Gasteiger partial charge in [0.15, 0.2) is 0 Å². The summed E-state index contributed by atoms with van der Waals surface area (Å²) >= 11 is 0. The van der Waals surface area contributed by atoms with Crippen molar-refractivity contribution in [2.24, 2.45) is 0 Å². The van der Waals surface area contributed by atoms with Crippen molar-refractivity contribution >= 4 is 11.6 Å². The van der Waals surface area contributed by atoms with Crippen LogP contribution in [0.15, 0.2) is 42.6 Å². The van der Waals surface area contributed by atoms with Crippen molar-refractivity contribution in [2.45, 2.75) is 12.5 Å². The summed E-state index contributed by atoms with van der Waals surface area (Å²) < 4.78 is 10.9. The highest BCUT2D eigenvalue weighted by Gasteiger charge is 2.17. The van der Waals surface area contributed by atoms with Crippen LogP contribution >= 0.6 is 0 Å². The van der Waals surface area contributed by atoms with Crippen LogP contribution < -0.4 is 10.1 Å². The fourth-order valence-corrected chi connectivity index (χ4v) is 2.23. The van der Waals surface area contributed by atoms with Crippen LogP contribution in [0.4, 0.5) is 5.69 Å². The highest BCUT2D eigenvalue weighted by atomic mass is 16.5. The van der Waals surface area contributed by atoms with Gasteiger partial charge in [0.25, 0.3) is 5.91 Å². The predicted octanol–water partition coefficient (Wildman–Crippen LogP) is 2.37. The van der Waals surface area contributed by atoms with Gasteiger partial charge in [-0.1, -0.05) is 6.07 Å². The van der Waals surface area contributed by atoms with Gasteiger partial charge < -0.3 is 14.8 Å². The Morgan fingerprint density at radius 1 is 1.39 bits per heavy atom. The van der Waals surface area contributed by atoms with E-state index in [1.54, 1.807) is 36.4 Å². The Hall–Kier alpha value is -2.91. The molecule has 0 bridgehead atoms. The van der Waals surface area contributed by atoms with E-state index in [0.717, 1.165) is 6.42 Å². The quantitative estimate of drug-likeness (QED) is 0.937. The lowest BCUT2D eigenvalue weighted by atomic mass is 10.2. The van der Waals surface area contributed by atoms with Gasteiger partial charge in [-0.2, -0.15) is 5.26 Å². The first kappa shape index (κ1) is 15.0. The van der Waals surface area contributed by atoms with Gasteiger partial charge in [0.2, 0.25) is 5.88 Å². The van der Waals surface area contributed by atoms with Crippen LogP contribution in [0.3, 0.4) is 0 Å². The molecule has 1 aromatic carbocycles. The molecule has 3 rings (SSSR count). The van der Waals surface area contributed by atoms with Crippen LogP contribution in [0.1, 0.15) is 22.3 Å². The first-order chi connectivity index (χ1) is 11.2. The van der Waals surface area contributed by atoms with Gasteiger partial charge in [-0.25, -0.2) is 4.98 Å². The molecule has 1 aliphatic rings. The number of benzene rings is 1. The SMILES string of the molecule is N#Cc1cccc(NC(=O)c2ccc(OC3CCOC3)nc2)c1. The third kappa shape index (κ3) is 3.84. The largest absolute Gasteiger partial charge is 0.472 e. The van der Waals surface area contributed by atoms with E-state index in [9.17, 15) is 4.79 Å². The number of rotatable bonds is 4. The first-order valence-electron chi connectivity index (χ1n) is 7.26. The Balaban J connectivity index is 1.64. The Labute approximate surface area is 133 Å². The normalized spacial score (nSPS) is 16.6. The number of hydrogen-bond donors (Lipinski definition) is 1. The van der Waals surface area contributed by atoms with E-state index in [1.165, 1.54) is 6.20 Å². The zero-order chi connectivity index (χ0) is 16.1.